The van der Waals surface area contributed by atoms with Crippen molar-refractivity contribution in [3.63, 3.8) is 0 Å². The molecular weight excluding hydrogens is 190 g/mol. The Morgan fingerprint density at radius 2 is 2.33 bits per heavy atom. The van der Waals surface area contributed by atoms with Gasteiger partial charge in [0, 0.05) is 18.7 Å². The number of aliphatic carboxylic acids is 1. The molecule has 15 heavy (non-hydrogen) atoms. The van der Waals surface area contributed by atoms with Crippen LogP contribution in [0.4, 0.5) is 5.69 Å². The number of carboxylic acids is 1. The zero-order valence-corrected chi connectivity index (χ0v) is 9.03. The Bertz CT molecular complexity index is 401. The van der Waals surface area contributed by atoms with E-state index in [9.17, 15) is 4.79 Å². The molecule has 2 rings (SSSR count). The van der Waals surface area contributed by atoms with Crippen molar-refractivity contribution in [3.8, 4) is 0 Å². The first kappa shape index (κ1) is 10.0. The molecule has 0 radical (unpaired) electrons. The van der Waals surface area contributed by atoms with Crippen LogP contribution in [0.3, 0.4) is 0 Å². The third-order valence-corrected chi connectivity index (χ3v) is 2.96. The standard InChI is InChI=1S/C12H15NO2/c1-3-13-10-5-4-8(2)6-9(10)7-11(13)12(14)15/h4-6,11H,3,7H2,1-2H3,(H,14,15). The van der Waals surface area contributed by atoms with Gasteiger partial charge in [0.1, 0.15) is 6.04 Å². The number of carbonyl (C=O) groups is 1. The SMILES string of the molecule is CCN1c2ccc(C)cc2CC1C(=O)O. The molecule has 1 unspecified atom stereocenters. The Labute approximate surface area is 89.3 Å². The van der Waals surface area contributed by atoms with Crippen molar-refractivity contribution in [3.05, 3.63) is 29.3 Å². The Balaban J connectivity index is 2.41. The fraction of sp³-hybridized carbons (Fsp3) is 0.417. The largest absolute Gasteiger partial charge is 0.480 e. The Hall–Kier alpha value is -1.51. The Kier molecular flexibility index (Phi) is 2.39. The zero-order valence-electron chi connectivity index (χ0n) is 9.03. The van der Waals surface area contributed by atoms with Gasteiger partial charge in [0.2, 0.25) is 0 Å². The average molecular weight is 205 g/mol. The lowest BCUT2D eigenvalue weighted by atomic mass is 10.1. The minimum Gasteiger partial charge on any atom is -0.480 e. The molecule has 0 saturated carbocycles. The lowest BCUT2D eigenvalue weighted by Gasteiger charge is -2.22. The fourth-order valence-electron chi connectivity index (χ4n) is 2.26. The van der Waals surface area contributed by atoms with Crippen molar-refractivity contribution in [2.24, 2.45) is 0 Å². The number of carboxylic acid groups (broad SMARTS) is 1. The van der Waals surface area contributed by atoms with E-state index in [4.69, 9.17) is 5.11 Å². The molecule has 1 atom stereocenters. The molecule has 1 aliphatic heterocycles. The van der Waals surface area contributed by atoms with E-state index in [1.807, 2.05) is 30.9 Å². The van der Waals surface area contributed by atoms with Gasteiger partial charge in [0.25, 0.3) is 0 Å². The molecule has 1 heterocycles. The van der Waals surface area contributed by atoms with Crippen molar-refractivity contribution < 1.29 is 9.90 Å². The van der Waals surface area contributed by atoms with E-state index in [0.717, 1.165) is 17.8 Å². The first-order valence-electron chi connectivity index (χ1n) is 5.22. The molecule has 80 valence electrons. The van der Waals surface area contributed by atoms with Gasteiger partial charge in [-0.3, -0.25) is 0 Å². The summed E-state index contributed by atoms with van der Waals surface area (Å²) < 4.78 is 0. The second-order valence-corrected chi connectivity index (χ2v) is 3.98. The van der Waals surface area contributed by atoms with Gasteiger partial charge < -0.3 is 10.0 Å². The maximum absolute atomic E-state index is 11.1. The van der Waals surface area contributed by atoms with Crippen molar-refractivity contribution in [1.82, 2.24) is 0 Å². The van der Waals surface area contributed by atoms with Crippen LogP contribution in [-0.4, -0.2) is 23.7 Å². The topological polar surface area (TPSA) is 40.5 Å². The normalized spacial score (nSPS) is 19.1. The minimum atomic E-state index is -0.731. The van der Waals surface area contributed by atoms with E-state index in [2.05, 4.69) is 6.07 Å². The summed E-state index contributed by atoms with van der Waals surface area (Å²) in [5.74, 6) is -0.731. The minimum absolute atomic E-state index is 0.383. The van der Waals surface area contributed by atoms with E-state index >= 15 is 0 Å². The Morgan fingerprint density at radius 3 is 2.93 bits per heavy atom. The van der Waals surface area contributed by atoms with Crippen LogP contribution in [0.2, 0.25) is 0 Å². The zero-order chi connectivity index (χ0) is 11.0. The molecule has 1 aromatic carbocycles. The highest BCUT2D eigenvalue weighted by atomic mass is 16.4. The third-order valence-electron chi connectivity index (χ3n) is 2.96. The first-order valence-corrected chi connectivity index (χ1v) is 5.22. The van der Waals surface area contributed by atoms with E-state index in [0.29, 0.717) is 6.42 Å². The Morgan fingerprint density at radius 1 is 1.60 bits per heavy atom. The van der Waals surface area contributed by atoms with Gasteiger partial charge in [-0.15, -0.1) is 0 Å². The van der Waals surface area contributed by atoms with Gasteiger partial charge in [-0.05, 0) is 25.5 Å². The fourth-order valence-corrected chi connectivity index (χ4v) is 2.26. The average Bonchev–Trinajstić information content (AvgIpc) is 2.55. The van der Waals surface area contributed by atoms with Gasteiger partial charge in [0.05, 0.1) is 0 Å². The number of benzene rings is 1. The highest BCUT2D eigenvalue weighted by molar-refractivity contribution is 5.82. The summed E-state index contributed by atoms with van der Waals surface area (Å²) in [6.07, 6.45) is 0.625. The first-order chi connectivity index (χ1) is 7.13. The summed E-state index contributed by atoms with van der Waals surface area (Å²) >= 11 is 0. The molecule has 1 aliphatic rings. The number of hydrogen-bond acceptors (Lipinski definition) is 2. The van der Waals surface area contributed by atoms with Crippen LogP contribution in [0, 0.1) is 6.92 Å². The van der Waals surface area contributed by atoms with Gasteiger partial charge in [0.15, 0.2) is 0 Å². The monoisotopic (exact) mass is 205 g/mol. The molecule has 3 nitrogen and oxygen atoms in total. The number of nitrogens with zero attached hydrogens (tertiary/aromatic N) is 1. The van der Waals surface area contributed by atoms with Crippen LogP contribution < -0.4 is 4.90 Å². The van der Waals surface area contributed by atoms with Crippen LogP contribution in [0.5, 0.6) is 0 Å². The highest BCUT2D eigenvalue weighted by Gasteiger charge is 2.32. The maximum atomic E-state index is 11.1. The van der Waals surface area contributed by atoms with Crippen molar-refractivity contribution in [1.29, 1.82) is 0 Å². The summed E-state index contributed by atoms with van der Waals surface area (Å²) in [5, 5.41) is 9.11. The van der Waals surface area contributed by atoms with E-state index in [1.54, 1.807) is 0 Å². The molecular formula is C12H15NO2. The van der Waals surface area contributed by atoms with Crippen molar-refractivity contribution >= 4 is 11.7 Å². The molecule has 0 bridgehead atoms. The van der Waals surface area contributed by atoms with Crippen LogP contribution in [0.1, 0.15) is 18.1 Å². The van der Waals surface area contributed by atoms with Gasteiger partial charge in [-0.1, -0.05) is 17.7 Å². The molecule has 0 saturated heterocycles. The van der Waals surface area contributed by atoms with E-state index in [1.165, 1.54) is 5.56 Å². The van der Waals surface area contributed by atoms with Gasteiger partial charge in [-0.25, -0.2) is 4.79 Å². The summed E-state index contributed by atoms with van der Waals surface area (Å²) in [6, 6.07) is 5.76. The summed E-state index contributed by atoms with van der Waals surface area (Å²) in [6.45, 7) is 4.77. The van der Waals surface area contributed by atoms with Crippen LogP contribution >= 0.6 is 0 Å². The molecule has 0 amide bonds. The molecule has 1 N–H and O–H groups in total. The third kappa shape index (κ3) is 1.58. The van der Waals surface area contributed by atoms with Gasteiger partial charge >= 0.3 is 5.97 Å². The number of hydrogen-bond donors (Lipinski definition) is 1. The van der Waals surface area contributed by atoms with Crippen LogP contribution in [-0.2, 0) is 11.2 Å². The molecule has 0 aliphatic carbocycles. The number of likely N-dealkylation sites (N-methyl/N-ethyl adjacent to an activating group) is 1. The van der Waals surface area contributed by atoms with Crippen LogP contribution in [0.15, 0.2) is 18.2 Å². The lowest BCUT2D eigenvalue weighted by Crippen LogP contribution is -2.38. The number of rotatable bonds is 2. The molecule has 3 heteroatoms. The highest BCUT2D eigenvalue weighted by Crippen LogP contribution is 2.32. The molecule has 1 aromatic rings. The predicted molar refractivity (Wildman–Crippen MR) is 59.3 cm³/mol. The second-order valence-electron chi connectivity index (χ2n) is 3.98. The number of fused-ring (bicyclic) bond motifs is 1. The number of aryl methyl sites for hydroxylation is 1. The molecule has 0 spiro atoms. The van der Waals surface area contributed by atoms with Gasteiger partial charge in [-0.2, -0.15) is 0 Å². The second kappa shape index (κ2) is 3.57. The van der Waals surface area contributed by atoms with E-state index < -0.39 is 5.97 Å². The quantitative estimate of drug-likeness (QED) is 0.800. The maximum Gasteiger partial charge on any atom is 0.326 e. The number of anilines is 1. The van der Waals surface area contributed by atoms with E-state index in [-0.39, 0.29) is 6.04 Å². The molecule has 0 aromatic heterocycles. The summed E-state index contributed by atoms with van der Waals surface area (Å²) in [7, 11) is 0. The lowest BCUT2D eigenvalue weighted by molar-refractivity contribution is -0.138. The summed E-state index contributed by atoms with van der Waals surface area (Å²) in [5.41, 5.74) is 3.43. The van der Waals surface area contributed by atoms with Crippen LogP contribution in [0.25, 0.3) is 0 Å². The summed E-state index contributed by atoms with van der Waals surface area (Å²) in [4.78, 5) is 13.0. The predicted octanol–water partition coefficient (Wildman–Crippen LogP) is 1.83. The van der Waals surface area contributed by atoms with Crippen molar-refractivity contribution in [2.75, 3.05) is 11.4 Å². The van der Waals surface area contributed by atoms with Crippen molar-refractivity contribution in [2.45, 2.75) is 26.3 Å². The smallest absolute Gasteiger partial charge is 0.326 e. The molecule has 0 fully saturated rings.